The summed E-state index contributed by atoms with van der Waals surface area (Å²) in [6.07, 6.45) is 1.50. The van der Waals surface area contributed by atoms with E-state index in [9.17, 15) is 14.7 Å². The monoisotopic (exact) mass is 623 g/mol. The molecule has 1 saturated heterocycles. The minimum atomic E-state index is -0.603. The normalized spacial score (nSPS) is 17.3. The summed E-state index contributed by atoms with van der Waals surface area (Å²) in [5, 5.41) is 21.0. The maximum absolute atomic E-state index is 12.9. The average Bonchev–Trinajstić information content (AvgIpc) is 3.00. The number of pyridine rings is 1. The molecular formula is C31H31Cl2N5O5. The molecule has 224 valence electrons. The average molecular weight is 625 g/mol. The highest BCUT2D eigenvalue weighted by molar-refractivity contribution is 6.39. The molecule has 0 saturated carbocycles. The maximum Gasteiger partial charge on any atom is 0.279 e. The molecule has 0 spiro atoms. The Bertz CT molecular complexity index is 1710. The summed E-state index contributed by atoms with van der Waals surface area (Å²) in [5.74, 6) is -0.168. The highest BCUT2D eigenvalue weighted by Crippen LogP contribution is 2.41. The summed E-state index contributed by atoms with van der Waals surface area (Å²) in [7, 11) is 3.03. The zero-order valence-electron chi connectivity index (χ0n) is 23.8. The number of halogens is 2. The Morgan fingerprint density at radius 1 is 1.09 bits per heavy atom. The molecule has 0 unspecified atom stereocenters. The SMILES string of the molecule is COc1nc(-c2cccc(-c3cccc(NC(=O)c4ccnn(C)c4=O)c3Cl)c2Cl)ccc1[C@@H](C)N[C@@H]1CCOC[C@@H]1O. The third-order valence-corrected chi connectivity index (χ3v) is 8.22. The number of nitrogens with one attached hydrogen (secondary N) is 2. The van der Waals surface area contributed by atoms with Crippen molar-refractivity contribution in [2.75, 3.05) is 25.6 Å². The van der Waals surface area contributed by atoms with Gasteiger partial charge in [0.05, 0.1) is 41.2 Å². The van der Waals surface area contributed by atoms with Gasteiger partial charge >= 0.3 is 0 Å². The van der Waals surface area contributed by atoms with Gasteiger partial charge < -0.3 is 25.2 Å². The van der Waals surface area contributed by atoms with Gasteiger partial charge in [-0.25, -0.2) is 9.67 Å². The fourth-order valence-electron chi connectivity index (χ4n) is 5.07. The summed E-state index contributed by atoms with van der Waals surface area (Å²) in [5.41, 5.74) is 3.06. The maximum atomic E-state index is 12.9. The fourth-order valence-corrected chi connectivity index (χ4v) is 5.66. The summed E-state index contributed by atoms with van der Waals surface area (Å²) in [4.78, 5) is 30.0. The predicted octanol–water partition coefficient (Wildman–Crippen LogP) is 4.88. The molecular weight excluding hydrogens is 593 g/mol. The molecule has 2 aromatic heterocycles. The van der Waals surface area contributed by atoms with Gasteiger partial charge in [-0.3, -0.25) is 9.59 Å². The minimum absolute atomic E-state index is 0.0593. The number of methoxy groups -OCH3 is 1. The number of aliphatic hydroxyl groups excluding tert-OH is 1. The van der Waals surface area contributed by atoms with Crippen molar-refractivity contribution in [3.05, 3.63) is 92.3 Å². The van der Waals surface area contributed by atoms with Crippen molar-refractivity contribution in [1.82, 2.24) is 20.1 Å². The van der Waals surface area contributed by atoms with E-state index in [4.69, 9.17) is 37.7 Å². The van der Waals surface area contributed by atoms with Crippen LogP contribution in [0, 0.1) is 0 Å². The number of amides is 1. The number of aliphatic hydroxyl groups is 1. The Labute approximate surface area is 258 Å². The lowest BCUT2D eigenvalue weighted by molar-refractivity contribution is -0.0300. The number of benzene rings is 2. The van der Waals surface area contributed by atoms with Gasteiger partial charge in [-0.2, -0.15) is 5.10 Å². The van der Waals surface area contributed by atoms with E-state index in [0.717, 1.165) is 10.2 Å². The van der Waals surface area contributed by atoms with Gasteiger partial charge in [-0.05, 0) is 37.6 Å². The molecule has 1 aliphatic rings. The van der Waals surface area contributed by atoms with E-state index in [1.807, 2.05) is 37.3 Å². The Balaban J connectivity index is 1.43. The summed E-state index contributed by atoms with van der Waals surface area (Å²) < 4.78 is 12.1. The molecule has 0 radical (unpaired) electrons. The standard InChI is InChI=1S/C31H31Cl2N5O5/c1-17(35-24-13-15-43-16-26(24)39)18-10-11-23(37-30(18)42-3)21-8-4-6-19(27(21)32)20-7-5-9-25(28(20)33)36-29(40)22-12-14-34-38(2)31(22)41/h4-12,14,17,24,26,35,39H,13,15-16H2,1-3H3,(H,36,40)/t17-,24-,26+/m1/s1. The van der Waals surface area contributed by atoms with Crippen molar-refractivity contribution >= 4 is 34.8 Å². The number of aromatic nitrogens is 3. The third-order valence-electron chi connectivity index (χ3n) is 7.40. The van der Waals surface area contributed by atoms with Crippen LogP contribution in [0.3, 0.4) is 0 Å². The molecule has 4 aromatic rings. The van der Waals surface area contributed by atoms with Gasteiger partial charge in [0.15, 0.2) is 0 Å². The Hall–Kier alpha value is -3.80. The molecule has 1 aliphatic heterocycles. The van der Waals surface area contributed by atoms with Gasteiger partial charge in [0.25, 0.3) is 11.5 Å². The van der Waals surface area contributed by atoms with Crippen molar-refractivity contribution in [2.24, 2.45) is 7.05 Å². The van der Waals surface area contributed by atoms with Crippen LogP contribution >= 0.6 is 23.2 Å². The van der Waals surface area contributed by atoms with Crippen molar-refractivity contribution in [2.45, 2.75) is 31.5 Å². The van der Waals surface area contributed by atoms with Gasteiger partial charge in [-0.1, -0.05) is 53.5 Å². The smallest absolute Gasteiger partial charge is 0.279 e. The molecule has 12 heteroatoms. The third kappa shape index (κ3) is 6.43. The summed E-state index contributed by atoms with van der Waals surface area (Å²) in [6.45, 7) is 2.89. The van der Waals surface area contributed by atoms with Crippen LogP contribution in [0.5, 0.6) is 5.88 Å². The van der Waals surface area contributed by atoms with Crippen LogP contribution in [-0.2, 0) is 11.8 Å². The predicted molar refractivity (Wildman–Crippen MR) is 166 cm³/mol. The van der Waals surface area contributed by atoms with Gasteiger partial charge in [0.2, 0.25) is 5.88 Å². The van der Waals surface area contributed by atoms with Crippen LogP contribution in [0.25, 0.3) is 22.4 Å². The van der Waals surface area contributed by atoms with E-state index >= 15 is 0 Å². The number of nitrogens with zero attached hydrogens (tertiary/aromatic N) is 3. The van der Waals surface area contributed by atoms with Crippen molar-refractivity contribution in [3.63, 3.8) is 0 Å². The van der Waals surface area contributed by atoms with Crippen LogP contribution in [0.4, 0.5) is 5.69 Å². The van der Waals surface area contributed by atoms with Crippen LogP contribution in [0.1, 0.15) is 35.3 Å². The highest BCUT2D eigenvalue weighted by Gasteiger charge is 2.27. The van der Waals surface area contributed by atoms with Crippen LogP contribution in [0.2, 0.25) is 10.0 Å². The van der Waals surface area contributed by atoms with Crippen LogP contribution in [-0.4, -0.2) is 58.2 Å². The second kappa shape index (κ2) is 13.2. The first-order chi connectivity index (χ1) is 20.7. The fraction of sp³-hybridized carbons (Fsp3) is 0.290. The van der Waals surface area contributed by atoms with E-state index in [2.05, 4.69) is 15.7 Å². The lowest BCUT2D eigenvalue weighted by Crippen LogP contribution is -2.47. The van der Waals surface area contributed by atoms with Gasteiger partial charge in [0.1, 0.15) is 5.56 Å². The van der Waals surface area contributed by atoms with E-state index in [1.54, 1.807) is 25.3 Å². The van der Waals surface area contributed by atoms with Crippen LogP contribution < -0.4 is 20.9 Å². The second-order valence-electron chi connectivity index (χ2n) is 10.2. The van der Waals surface area contributed by atoms with E-state index in [-0.39, 0.29) is 22.7 Å². The van der Waals surface area contributed by atoms with Crippen molar-refractivity contribution in [3.8, 4) is 28.3 Å². The molecule has 10 nitrogen and oxygen atoms in total. The number of hydrogen-bond acceptors (Lipinski definition) is 8. The number of ether oxygens (including phenoxy) is 2. The van der Waals surface area contributed by atoms with Crippen LogP contribution in [0.15, 0.2) is 65.6 Å². The first-order valence-electron chi connectivity index (χ1n) is 13.7. The second-order valence-corrected chi connectivity index (χ2v) is 10.9. The van der Waals surface area contributed by atoms with Crippen molar-refractivity contribution < 1.29 is 19.4 Å². The molecule has 1 fully saturated rings. The zero-order chi connectivity index (χ0) is 30.7. The molecule has 43 heavy (non-hydrogen) atoms. The summed E-state index contributed by atoms with van der Waals surface area (Å²) in [6, 6.07) is 15.6. The number of rotatable bonds is 8. The molecule has 5 rings (SSSR count). The van der Waals surface area contributed by atoms with E-state index in [1.165, 1.54) is 19.3 Å². The molecule has 1 amide bonds. The number of anilines is 1. The Kier molecular flexibility index (Phi) is 9.43. The summed E-state index contributed by atoms with van der Waals surface area (Å²) >= 11 is 13.7. The largest absolute Gasteiger partial charge is 0.481 e. The Morgan fingerprint density at radius 3 is 2.56 bits per heavy atom. The van der Waals surface area contributed by atoms with E-state index in [0.29, 0.717) is 58.6 Å². The highest BCUT2D eigenvalue weighted by atomic mass is 35.5. The lowest BCUT2D eigenvalue weighted by atomic mass is 9.99. The quantitative estimate of drug-likeness (QED) is 0.253. The molecule has 0 bridgehead atoms. The number of carbonyl (C=O) groups is 1. The lowest BCUT2D eigenvalue weighted by Gasteiger charge is -2.31. The zero-order valence-corrected chi connectivity index (χ0v) is 25.3. The van der Waals surface area contributed by atoms with Crippen molar-refractivity contribution in [1.29, 1.82) is 0 Å². The van der Waals surface area contributed by atoms with Gasteiger partial charge in [0, 0.05) is 54.2 Å². The van der Waals surface area contributed by atoms with Gasteiger partial charge in [-0.15, -0.1) is 0 Å². The Morgan fingerprint density at radius 2 is 1.81 bits per heavy atom. The minimum Gasteiger partial charge on any atom is -0.481 e. The first-order valence-corrected chi connectivity index (χ1v) is 14.4. The number of hydrogen-bond donors (Lipinski definition) is 3. The molecule has 0 aliphatic carbocycles. The topological polar surface area (TPSA) is 128 Å². The molecule has 2 aromatic carbocycles. The first kappa shape index (κ1) is 30.7. The molecule has 3 atom stereocenters. The number of aryl methyl sites for hydroxylation is 1. The van der Waals surface area contributed by atoms with E-state index < -0.39 is 17.6 Å². The molecule has 3 heterocycles. The number of carbonyl (C=O) groups excluding carboxylic acids is 1. The molecule has 3 N–H and O–H groups in total.